The molecule has 0 saturated carbocycles. The second-order valence-electron chi connectivity index (χ2n) is 5.08. The van der Waals surface area contributed by atoms with Gasteiger partial charge in [-0.15, -0.1) is 0 Å². The van der Waals surface area contributed by atoms with E-state index in [1.165, 1.54) is 6.08 Å². The molecule has 114 valence electrons. The van der Waals surface area contributed by atoms with Crippen molar-refractivity contribution in [3.05, 3.63) is 24.0 Å². The standard InChI is InChI=1S/C15H21N3O3/c1-3-21-15(20)13-6-4-5-9-18(13)14(19)8-7-12-10-16-17(2)11-12/h7-8,10-11,13H,3-6,9H2,1-2H3/b8-7+. The van der Waals surface area contributed by atoms with E-state index in [0.717, 1.165) is 18.4 Å². The van der Waals surface area contributed by atoms with Gasteiger partial charge in [0.1, 0.15) is 6.04 Å². The number of carbonyl (C=O) groups excluding carboxylic acids is 2. The molecule has 1 aliphatic rings. The molecule has 6 nitrogen and oxygen atoms in total. The Balaban J connectivity index is 2.04. The van der Waals surface area contributed by atoms with Gasteiger partial charge in [-0.05, 0) is 32.3 Å². The summed E-state index contributed by atoms with van der Waals surface area (Å²) in [7, 11) is 1.82. The average molecular weight is 291 g/mol. The lowest BCUT2D eigenvalue weighted by molar-refractivity contribution is -0.155. The normalized spacial score (nSPS) is 19.0. The zero-order valence-corrected chi connectivity index (χ0v) is 12.5. The molecular weight excluding hydrogens is 270 g/mol. The molecule has 1 fully saturated rings. The minimum Gasteiger partial charge on any atom is -0.464 e. The van der Waals surface area contributed by atoms with Crippen molar-refractivity contribution in [3.63, 3.8) is 0 Å². The van der Waals surface area contributed by atoms with Crippen molar-refractivity contribution in [3.8, 4) is 0 Å². The van der Waals surface area contributed by atoms with Crippen LogP contribution in [0.25, 0.3) is 6.08 Å². The maximum Gasteiger partial charge on any atom is 0.328 e. The van der Waals surface area contributed by atoms with Crippen molar-refractivity contribution in [2.45, 2.75) is 32.2 Å². The number of hydrogen-bond donors (Lipinski definition) is 0. The first-order chi connectivity index (χ1) is 10.1. The zero-order valence-electron chi connectivity index (χ0n) is 12.5. The zero-order chi connectivity index (χ0) is 15.2. The number of piperidine rings is 1. The van der Waals surface area contributed by atoms with E-state index in [1.54, 1.807) is 28.8 Å². The van der Waals surface area contributed by atoms with Crippen molar-refractivity contribution in [2.24, 2.45) is 7.05 Å². The lowest BCUT2D eigenvalue weighted by atomic mass is 10.0. The number of rotatable bonds is 4. The minimum atomic E-state index is -0.454. The van der Waals surface area contributed by atoms with Crippen LogP contribution in [0.3, 0.4) is 0 Å². The summed E-state index contributed by atoms with van der Waals surface area (Å²) in [5, 5.41) is 4.04. The maximum atomic E-state index is 12.3. The first-order valence-electron chi connectivity index (χ1n) is 7.25. The Bertz CT molecular complexity index is 536. The molecule has 2 rings (SSSR count). The molecule has 1 amide bonds. The van der Waals surface area contributed by atoms with Crippen molar-refractivity contribution in [1.29, 1.82) is 0 Å². The van der Waals surface area contributed by atoms with E-state index in [9.17, 15) is 9.59 Å². The monoisotopic (exact) mass is 291 g/mol. The van der Waals surface area contributed by atoms with Crippen LogP contribution in [0, 0.1) is 0 Å². The van der Waals surface area contributed by atoms with E-state index < -0.39 is 6.04 Å². The van der Waals surface area contributed by atoms with Crippen molar-refractivity contribution < 1.29 is 14.3 Å². The topological polar surface area (TPSA) is 64.4 Å². The third-order valence-corrected chi connectivity index (χ3v) is 3.49. The quantitative estimate of drug-likeness (QED) is 0.621. The van der Waals surface area contributed by atoms with E-state index in [4.69, 9.17) is 4.74 Å². The second kappa shape index (κ2) is 7.06. The molecule has 1 atom stereocenters. The highest BCUT2D eigenvalue weighted by atomic mass is 16.5. The molecule has 0 spiro atoms. The summed E-state index contributed by atoms with van der Waals surface area (Å²) >= 11 is 0. The van der Waals surface area contributed by atoms with Gasteiger partial charge in [0.05, 0.1) is 12.8 Å². The van der Waals surface area contributed by atoms with Gasteiger partial charge in [0, 0.05) is 31.4 Å². The maximum absolute atomic E-state index is 12.3. The predicted molar refractivity (Wildman–Crippen MR) is 78.2 cm³/mol. The Morgan fingerprint density at radius 1 is 1.48 bits per heavy atom. The van der Waals surface area contributed by atoms with Crippen LogP contribution in [0.5, 0.6) is 0 Å². The predicted octanol–water partition coefficient (Wildman–Crippen LogP) is 1.38. The Labute approximate surface area is 124 Å². The number of nitrogens with zero attached hydrogens (tertiary/aromatic N) is 3. The first-order valence-corrected chi connectivity index (χ1v) is 7.25. The molecule has 21 heavy (non-hydrogen) atoms. The Kier molecular flexibility index (Phi) is 5.14. The minimum absolute atomic E-state index is 0.156. The lowest BCUT2D eigenvalue weighted by Gasteiger charge is -2.33. The van der Waals surface area contributed by atoms with Gasteiger partial charge in [-0.1, -0.05) is 0 Å². The van der Waals surface area contributed by atoms with Gasteiger partial charge in [-0.25, -0.2) is 4.79 Å². The van der Waals surface area contributed by atoms with Gasteiger partial charge >= 0.3 is 5.97 Å². The molecule has 0 radical (unpaired) electrons. The Hall–Kier alpha value is -2.11. The molecule has 1 aliphatic heterocycles. The molecule has 0 bridgehead atoms. The Morgan fingerprint density at radius 2 is 2.29 bits per heavy atom. The molecule has 1 unspecified atom stereocenters. The van der Waals surface area contributed by atoms with E-state index in [0.29, 0.717) is 19.6 Å². The van der Waals surface area contributed by atoms with E-state index in [-0.39, 0.29) is 11.9 Å². The number of carbonyl (C=O) groups is 2. The third kappa shape index (κ3) is 3.93. The van der Waals surface area contributed by atoms with Crippen LogP contribution in [-0.2, 0) is 21.4 Å². The van der Waals surface area contributed by atoms with Crippen LogP contribution < -0.4 is 0 Å². The molecule has 2 heterocycles. The van der Waals surface area contributed by atoms with Gasteiger partial charge in [0.25, 0.3) is 0 Å². The van der Waals surface area contributed by atoms with Crippen LogP contribution in [0.15, 0.2) is 18.5 Å². The third-order valence-electron chi connectivity index (χ3n) is 3.49. The summed E-state index contributed by atoms with van der Waals surface area (Å²) in [5.41, 5.74) is 0.857. The average Bonchev–Trinajstić information content (AvgIpc) is 2.90. The highest BCUT2D eigenvalue weighted by Crippen LogP contribution is 2.19. The van der Waals surface area contributed by atoms with Crippen LogP contribution in [-0.4, -0.2) is 45.8 Å². The largest absolute Gasteiger partial charge is 0.464 e. The number of likely N-dealkylation sites (tertiary alicyclic amines) is 1. The fraction of sp³-hybridized carbons (Fsp3) is 0.533. The molecule has 6 heteroatoms. The number of aromatic nitrogens is 2. The molecule has 0 aliphatic carbocycles. The highest BCUT2D eigenvalue weighted by Gasteiger charge is 2.32. The summed E-state index contributed by atoms with van der Waals surface area (Å²) in [6.45, 7) is 2.71. The van der Waals surface area contributed by atoms with E-state index in [2.05, 4.69) is 5.10 Å². The summed E-state index contributed by atoms with van der Waals surface area (Å²) < 4.78 is 6.73. The SMILES string of the molecule is CCOC(=O)C1CCCCN1C(=O)/C=C/c1cnn(C)c1. The molecule has 1 saturated heterocycles. The number of ether oxygens (including phenoxy) is 1. The molecule has 0 N–H and O–H groups in total. The smallest absolute Gasteiger partial charge is 0.328 e. The number of aryl methyl sites for hydroxylation is 1. The van der Waals surface area contributed by atoms with Gasteiger partial charge < -0.3 is 9.64 Å². The molecule has 1 aromatic heterocycles. The van der Waals surface area contributed by atoms with E-state index >= 15 is 0 Å². The number of hydrogen-bond acceptors (Lipinski definition) is 4. The number of amides is 1. The fourth-order valence-corrected chi connectivity index (χ4v) is 2.47. The van der Waals surface area contributed by atoms with Crippen LogP contribution in [0.1, 0.15) is 31.7 Å². The van der Waals surface area contributed by atoms with Crippen LogP contribution in [0.2, 0.25) is 0 Å². The van der Waals surface area contributed by atoms with Crippen molar-refractivity contribution in [2.75, 3.05) is 13.2 Å². The summed E-state index contributed by atoms with van der Waals surface area (Å²) in [4.78, 5) is 25.8. The lowest BCUT2D eigenvalue weighted by Crippen LogP contribution is -2.48. The summed E-state index contributed by atoms with van der Waals surface area (Å²) in [6.07, 6.45) is 9.25. The van der Waals surface area contributed by atoms with Gasteiger partial charge in [0.2, 0.25) is 5.91 Å². The van der Waals surface area contributed by atoms with Gasteiger partial charge in [0.15, 0.2) is 0 Å². The summed E-state index contributed by atoms with van der Waals surface area (Å²) in [5.74, 6) is -0.461. The summed E-state index contributed by atoms with van der Waals surface area (Å²) in [6, 6.07) is -0.454. The van der Waals surface area contributed by atoms with Gasteiger partial charge in [-0.3, -0.25) is 9.48 Å². The first kappa shape index (κ1) is 15.3. The van der Waals surface area contributed by atoms with Crippen molar-refractivity contribution >= 4 is 18.0 Å². The second-order valence-corrected chi connectivity index (χ2v) is 5.08. The Morgan fingerprint density at radius 3 is 2.95 bits per heavy atom. The van der Waals surface area contributed by atoms with Crippen LogP contribution >= 0.6 is 0 Å². The molecule has 1 aromatic rings. The number of esters is 1. The highest BCUT2D eigenvalue weighted by molar-refractivity contribution is 5.94. The van der Waals surface area contributed by atoms with E-state index in [1.807, 2.05) is 13.2 Å². The molecular formula is C15H21N3O3. The molecule has 0 aromatic carbocycles. The van der Waals surface area contributed by atoms with Crippen molar-refractivity contribution in [1.82, 2.24) is 14.7 Å². The fourth-order valence-electron chi connectivity index (χ4n) is 2.47. The van der Waals surface area contributed by atoms with Crippen LogP contribution in [0.4, 0.5) is 0 Å². The van der Waals surface area contributed by atoms with Gasteiger partial charge in [-0.2, -0.15) is 5.10 Å².